The number of halogens is 4. The molecule has 3 heterocycles. The van der Waals surface area contributed by atoms with E-state index in [0.29, 0.717) is 29.8 Å². The first kappa shape index (κ1) is 21.7. The van der Waals surface area contributed by atoms with Crippen molar-refractivity contribution in [2.45, 2.75) is 25.1 Å². The second-order valence-electron chi connectivity index (χ2n) is 7.45. The number of rotatable bonds is 4. The van der Waals surface area contributed by atoms with Gasteiger partial charge < -0.3 is 15.0 Å². The molecule has 168 valence electrons. The number of piperidine rings is 1. The minimum atomic E-state index is -4.74. The monoisotopic (exact) mass is 449 g/mol. The molecule has 1 unspecified atom stereocenters. The maximum Gasteiger partial charge on any atom is 0.416 e. The number of likely N-dealkylation sites (N-methyl/N-ethyl adjacent to an activating group) is 1. The summed E-state index contributed by atoms with van der Waals surface area (Å²) in [5, 5.41) is 12.1. The molecule has 1 aliphatic rings. The molecule has 4 rings (SSSR count). The molecular weight excluding hydrogens is 430 g/mol. The Bertz CT molecular complexity index is 1180. The summed E-state index contributed by atoms with van der Waals surface area (Å²) >= 11 is 0. The standard InChI is InChI=1S/C21H19F4N5O2/c1-30-7-3-4-15(20(30)31)27-19-13-10-26-6-5-12(13)18(28-29-19)17-14(22)8-11(21(23,24)25)9-16(17)32-2/h5-6,8-10,15H,3-4,7H2,1-2H3,(H,27,29). The lowest BCUT2D eigenvalue weighted by Gasteiger charge is -2.30. The molecule has 1 aromatic carbocycles. The Balaban J connectivity index is 1.83. The van der Waals surface area contributed by atoms with Gasteiger partial charge in [0.15, 0.2) is 5.82 Å². The number of nitrogens with one attached hydrogen (secondary N) is 1. The molecule has 0 aliphatic carbocycles. The van der Waals surface area contributed by atoms with Gasteiger partial charge in [0.2, 0.25) is 5.91 Å². The minimum absolute atomic E-state index is 0.00288. The van der Waals surface area contributed by atoms with E-state index in [-0.39, 0.29) is 28.7 Å². The van der Waals surface area contributed by atoms with Crippen LogP contribution in [-0.2, 0) is 11.0 Å². The normalized spacial score (nSPS) is 17.0. The Morgan fingerprint density at radius 3 is 2.72 bits per heavy atom. The van der Waals surface area contributed by atoms with Gasteiger partial charge in [-0.3, -0.25) is 9.78 Å². The summed E-state index contributed by atoms with van der Waals surface area (Å²) in [6.45, 7) is 0.664. The van der Waals surface area contributed by atoms with Crippen LogP contribution in [0.1, 0.15) is 18.4 Å². The Morgan fingerprint density at radius 1 is 1.22 bits per heavy atom. The molecule has 0 saturated carbocycles. The summed E-state index contributed by atoms with van der Waals surface area (Å²) < 4.78 is 59.3. The lowest BCUT2D eigenvalue weighted by atomic mass is 10.0. The fourth-order valence-electron chi connectivity index (χ4n) is 3.76. The Kier molecular flexibility index (Phi) is 5.57. The summed E-state index contributed by atoms with van der Waals surface area (Å²) in [6, 6.07) is 2.16. The zero-order valence-electron chi connectivity index (χ0n) is 17.2. The summed E-state index contributed by atoms with van der Waals surface area (Å²) in [4.78, 5) is 18.1. The molecule has 1 aliphatic heterocycles. The second-order valence-corrected chi connectivity index (χ2v) is 7.45. The number of nitrogens with zero attached hydrogens (tertiary/aromatic N) is 4. The molecule has 2 aromatic heterocycles. The Labute approximate surface area is 180 Å². The third-order valence-corrected chi connectivity index (χ3v) is 5.39. The van der Waals surface area contributed by atoms with Gasteiger partial charge in [0.05, 0.1) is 18.2 Å². The maximum absolute atomic E-state index is 14.9. The van der Waals surface area contributed by atoms with E-state index in [9.17, 15) is 22.4 Å². The van der Waals surface area contributed by atoms with Crippen LogP contribution in [0, 0.1) is 5.82 Å². The van der Waals surface area contributed by atoms with Gasteiger partial charge in [0.1, 0.15) is 23.3 Å². The van der Waals surface area contributed by atoms with Crippen LogP contribution in [0.15, 0.2) is 30.6 Å². The van der Waals surface area contributed by atoms with Gasteiger partial charge in [-0.05, 0) is 31.0 Å². The molecule has 1 N–H and O–H groups in total. The van der Waals surface area contributed by atoms with Crippen LogP contribution in [0.2, 0.25) is 0 Å². The molecule has 0 spiro atoms. The highest BCUT2D eigenvalue weighted by atomic mass is 19.4. The number of aromatic nitrogens is 3. The van der Waals surface area contributed by atoms with Gasteiger partial charge in [-0.25, -0.2) is 4.39 Å². The molecule has 3 aromatic rings. The second kappa shape index (κ2) is 8.21. The zero-order chi connectivity index (χ0) is 23.0. The first-order valence-electron chi connectivity index (χ1n) is 9.77. The largest absolute Gasteiger partial charge is 0.496 e. The number of carbonyl (C=O) groups is 1. The van der Waals surface area contributed by atoms with Crippen molar-refractivity contribution in [3.8, 4) is 17.0 Å². The number of alkyl halides is 3. The van der Waals surface area contributed by atoms with Crippen LogP contribution in [0.3, 0.4) is 0 Å². The summed E-state index contributed by atoms with van der Waals surface area (Å²) in [5.74, 6) is -1.28. The molecular formula is C21H19F4N5O2. The van der Waals surface area contributed by atoms with Gasteiger partial charge >= 0.3 is 6.18 Å². The highest BCUT2D eigenvalue weighted by Crippen LogP contribution is 2.41. The van der Waals surface area contributed by atoms with Crippen LogP contribution < -0.4 is 10.1 Å². The first-order valence-corrected chi connectivity index (χ1v) is 9.77. The SMILES string of the molecule is COc1cc(C(F)(F)F)cc(F)c1-c1nnc(NC2CCCN(C)C2=O)c2cnccc12. The fourth-order valence-corrected chi connectivity index (χ4v) is 3.76. The smallest absolute Gasteiger partial charge is 0.416 e. The van der Waals surface area contributed by atoms with Gasteiger partial charge in [0, 0.05) is 36.8 Å². The average Bonchev–Trinajstić information content (AvgIpc) is 2.76. The van der Waals surface area contributed by atoms with Crippen molar-refractivity contribution in [1.29, 1.82) is 0 Å². The molecule has 1 atom stereocenters. The van der Waals surface area contributed by atoms with E-state index < -0.39 is 23.6 Å². The van der Waals surface area contributed by atoms with Crippen molar-refractivity contribution in [2.75, 3.05) is 26.0 Å². The highest BCUT2D eigenvalue weighted by Gasteiger charge is 2.34. The van der Waals surface area contributed by atoms with Crippen LogP contribution >= 0.6 is 0 Å². The van der Waals surface area contributed by atoms with E-state index >= 15 is 0 Å². The third kappa shape index (κ3) is 3.90. The maximum atomic E-state index is 14.9. The Hall–Kier alpha value is -3.50. The van der Waals surface area contributed by atoms with Crippen molar-refractivity contribution in [2.24, 2.45) is 0 Å². The quantitative estimate of drug-likeness (QED) is 0.609. The first-order chi connectivity index (χ1) is 15.2. The lowest BCUT2D eigenvalue weighted by Crippen LogP contribution is -2.45. The zero-order valence-corrected chi connectivity index (χ0v) is 17.2. The third-order valence-electron chi connectivity index (χ3n) is 5.39. The van der Waals surface area contributed by atoms with Crippen molar-refractivity contribution in [3.63, 3.8) is 0 Å². The molecule has 0 radical (unpaired) electrons. The number of amides is 1. The summed E-state index contributed by atoms with van der Waals surface area (Å²) in [5.41, 5.74) is -1.42. The molecule has 1 saturated heterocycles. The van der Waals surface area contributed by atoms with Gasteiger partial charge in [-0.1, -0.05) is 0 Å². The number of hydrogen-bond acceptors (Lipinski definition) is 6. The lowest BCUT2D eigenvalue weighted by molar-refractivity contribution is -0.138. The van der Waals surface area contributed by atoms with Gasteiger partial charge in [0.25, 0.3) is 0 Å². The summed E-state index contributed by atoms with van der Waals surface area (Å²) in [6.07, 6.45) is -0.393. The van der Waals surface area contributed by atoms with E-state index in [1.165, 1.54) is 12.4 Å². The molecule has 32 heavy (non-hydrogen) atoms. The van der Waals surface area contributed by atoms with E-state index in [4.69, 9.17) is 4.74 Å². The number of anilines is 1. The number of ether oxygens (including phenoxy) is 1. The van der Waals surface area contributed by atoms with Crippen LogP contribution in [0.4, 0.5) is 23.4 Å². The van der Waals surface area contributed by atoms with E-state index in [1.807, 2.05) is 0 Å². The number of benzene rings is 1. The minimum Gasteiger partial charge on any atom is -0.496 e. The average molecular weight is 449 g/mol. The van der Waals surface area contributed by atoms with Crippen LogP contribution in [0.25, 0.3) is 22.0 Å². The predicted molar refractivity (Wildman–Crippen MR) is 109 cm³/mol. The molecule has 1 fully saturated rings. The van der Waals surface area contributed by atoms with Gasteiger partial charge in [-0.2, -0.15) is 13.2 Å². The number of pyridine rings is 1. The predicted octanol–water partition coefficient (Wildman–Crippen LogP) is 3.89. The topological polar surface area (TPSA) is 80.2 Å². The van der Waals surface area contributed by atoms with Crippen molar-refractivity contribution < 1.29 is 27.1 Å². The van der Waals surface area contributed by atoms with Gasteiger partial charge in [-0.15, -0.1) is 10.2 Å². The molecule has 11 heteroatoms. The number of fused-ring (bicyclic) bond motifs is 1. The number of methoxy groups -OCH3 is 1. The molecule has 7 nitrogen and oxygen atoms in total. The van der Waals surface area contributed by atoms with E-state index in [2.05, 4.69) is 20.5 Å². The molecule has 0 bridgehead atoms. The van der Waals surface area contributed by atoms with Crippen LogP contribution in [0.5, 0.6) is 5.75 Å². The molecule has 1 amide bonds. The van der Waals surface area contributed by atoms with Crippen molar-refractivity contribution >= 4 is 22.5 Å². The van der Waals surface area contributed by atoms with Crippen LogP contribution in [-0.4, -0.2) is 52.7 Å². The number of likely N-dealkylation sites (tertiary alicyclic amines) is 1. The van der Waals surface area contributed by atoms with E-state index in [0.717, 1.165) is 19.6 Å². The number of hydrogen-bond donors (Lipinski definition) is 1. The fraction of sp³-hybridized carbons (Fsp3) is 0.333. The van der Waals surface area contributed by atoms with Crippen molar-refractivity contribution in [1.82, 2.24) is 20.1 Å². The van der Waals surface area contributed by atoms with Crippen molar-refractivity contribution in [3.05, 3.63) is 42.0 Å². The summed E-state index contributed by atoms with van der Waals surface area (Å²) in [7, 11) is 2.86. The number of carbonyl (C=O) groups excluding carboxylic acids is 1. The highest BCUT2D eigenvalue weighted by molar-refractivity contribution is 6.01. The Morgan fingerprint density at radius 2 is 2.00 bits per heavy atom. The van der Waals surface area contributed by atoms with E-state index in [1.54, 1.807) is 18.0 Å².